The fourth-order valence-electron chi connectivity index (χ4n) is 2.03. The summed E-state index contributed by atoms with van der Waals surface area (Å²) in [6, 6.07) is 10.3. The van der Waals surface area contributed by atoms with Crippen molar-refractivity contribution in [3.63, 3.8) is 0 Å². The number of thioether (sulfide) groups is 1. The van der Waals surface area contributed by atoms with Gasteiger partial charge in [0.15, 0.2) is 11.5 Å². The second-order valence-electron chi connectivity index (χ2n) is 5.12. The molecular formula is C18H19Cl2NO4S. The van der Waals surface area contributed by atoms with E-state index in [1.54, 1.807) is 50.6 Å². The van der Waals surface area contributed by atoms with Crippen molar-refractivity contribution in [1.29, 1.82) is 0 Å². The maximum atomic E-state index is 12.2. The maximum absolute atomic E-state index is 12.2. The number of rotatable bonds is 9. The number of halogens is 2. The molecule has 0 bridgehead atoms. The highest BCUT2D eigenvalue weighted by Crippen LogP contribution is 2.32. The summed E-state index contributed by atoms with van der Waals surface area (Å²) in [5, 5.41) is 3.96. The predicted molar refractivity (Wildman–Crippen MR) is 106 cm³/mol. The molecule has 0 aliphatic rings. The molecule has 0 fully saturated rings. The Morgan fingerprint density at radius 3 is 2.62 bits per heavy atom. The third kappa shape index (κ3) is 6.29. The minimum absolute atomic E-state index is 0.168. The summed E-state index contributed by atoms with van der Waals surface area (Å²) in [6.45, 7) is 0.837. The Morgan fingerprint density at radius 1 is 1.08 bits per heavy atom. The first-order valence-corrected chi connectivity index (χ1v) is 9.45. The third-order valence-electron chi connectivity index (χ3n) is 3.24. The van der Waals surface area contributed by atoms with Gasteiger partial charge in [-0.05, 0) is 30.3 Å². The summed E-state index contributed by atoms with van der Waals surface area (Å²) in [5.74, 6) is 1.15. The fraction of sp³-hybridized carbons (Fsp3) is 0.278. The highest BCUT2D eigenvalue weighted by atomic mass is 35.5. The normalized spacial score (nSPS) is 10.5. The summed E-state index contributed by atoms with van der Waals surface area (Å²) in [5.41, 5.74) is 0.612. The summed E-state index contributed by atoms with van der Waals surface area (Å²) >= 11 is 13.4. The Morgan fingerprint density at radius 2 is 1.88 bits per heavy atom. The summed E-state index contributed by atoms with van der Waals surface area (Å²) in [4.78, 5) is 13.0. The number of ether oxygens (including phenoxy) is 3. The van der Waals surface area contributed by atoms with Gasteiger partial charge < -0.3 is 19.5 Å². The quantitative estimate of drug-likeness (QED) is 0.472. The predicted octanol–water partition coefficient (Wildman–Crippen LogP) is 4.76. The molecule has 0 aromatic heterocycles. The van der Waals surface area contributed by atoms with E-state index in [4.69, 9.17) is 37.4 Å². The molecule has 0 saturated heterocycles. The zero-order chi connectivity index (χ0) is 18.9. The van der Waals surface area contributed by atoms with Crippen LogP contribution in [0.25, 0.3) is 0 Å². The molecule has 0 atom stereocenters. The minimum atomic E-state index is -0.168. The van der Waals surface area contributed by atoms with Crippen molar-refractivity contribution in [3.05, 3.63) is 46.4 Å². The van der Waals surface area contributed by atoms with Gasteiger partial charge in [-0.1, -0.05) is 23.2 Å². The van der Waals surface area contributed by atoms with Gasteiger partial charge in [-0.25, -0.2) is 0 Å². The van der Waals surface area contributed by atoms with E-state index in [1.165, 1.54) is 11.8 Å². The monoisotopic (exact) mass is 415 g/mol. The van der Waals surface area contributed by atoms with Crippen LogP contribution in [-0.2, 0) is 9.53 Å². The molecule has 5 nitrogen and oxygen atoms in total. The van der Waals surface area contributed by atoms with Crippen molar-refractivity contribution in [3.8, 4) is 11.5 Å². The van der Waals surface area contributed by atoms with Crippen molar-refractivity contribution in [2.75, 3.05) is 38.5 Å². The number of hydrogen-bond donors (Lipinski definition) is 1. The zero-order valence-electron chi connectivity index (χ0n) is 14.4. The molecule has 140 valence electrons. The van der Waals surface area contributed by atoms with E-state index in [-0.39, 0.29) is 11.7 Å². The van der Waals surface area contributed by atoms with E-state index >= 15 is 0 Å². The van der Waals surface area contributed by atoms with Gasteiger partial charge in [0.2, 0.25) is 5.91 Å². The summed E-state index contributed by atoms with van der Waals surface area (Å²) in [7, 11) is 3.16. The lowest BCUT2D eigenvalue weighted by Crippen LogP contribution is -2.14. The molecule has 0 radical (unpaired) electrons. The Labute approximate surface area is 166 Å². The molecular weight excluding hydrogens is 397 g/mol. The molecule has 2 aromatic rings. The van der Waals surface area contributed by atoms with Crippen LogP contribution < -0.4 is 14.8 Å². The minimum Gasteiger partial charge on any atom is -0.493 e. The van der Waals surface area contributed by atoms with Crippen molar-refractivity contribution >= 4 is 46.6 Å². The van der Waals surface area contributed by atoms with Crippen LogP contribution in [0, 0.1) is 0 Å². The number of methoxy groups -OCH3 is 2. The lowest BCUT2D eigenvalue weighted by Gasteiger charge is -2.13. The number of benzene rings is 2. The van der Waals surface area contributed by atoms with Gasteiger partial charge in [0, 0.05) is 28.8 Å². The lowest BCUT2D eigenvalue weighted by molar-refractivity contribution is -0.113. The molecule has 0 aliphatic heterocycles. The molecule has 2 rings (SSSR count). The third-order valence-corrected chi connectivity index (χ3v) is 4.98. The molecule has 0 spiro atoms. The fourth-order valence-corrected chi connectivity index (χ4v) is 3.32. The zero-order valence-corrected chi connectivity index (χ0v) is 16.7. The van der Waals surface area contributed by atoms with Crippen molar-refractivity contribution in [2.45, 2.75) is 4.90 Å². The van der Waals surface area contributed by atoms with Gasteiger partial charge in [-0.15, -0.1) is 11.8 Å². The highest BCUT2D eigenvalue weighted by molar-refractivity contribution is 8.00. The van der Waals surface area contributed by atoms with E-state index in [1.807, 2.05) is 0 Å². The van der Waals surface area contributed by atoms with Crippen molar-refractivity contribution in [2.24, 2.45) is 0 Å². The number of amides is 1. The van der Waals surface area contributed by atoms with Crippen LogP contribution >= 0.6 is 35.0 Å². The average Bonchev–Trinajstić information content (AvgIpc) is 2.63. The Balaban J connectivity index is 1.97. The second kappa shape index (κ2) is 10.5. The molecule has 26 heavy (non-hydrogen) atoms. The van der Waals surface area contributed by atoms with E-state index in [0.29, 0.717) is 40.4 Å². The molecule has 0 saturated carbocycles. The summed E-state index contributed by atoms with van der Waals surface area (Å²) < 4.78 is 15.8. The van der Waals surface area contributed by atoms with Crippen molar-refractivity contribution in [1.82, 2.24) is 0 Å². The van der Waals surface area contributed by atoms with Crippen LogP contribution in [0.15, 0.2) is 41.3 Å². The van der Waals surface area contributed by atoms with Gasteiger partial charge in [0.05, 0.1) is 24.5 Å². The Hall–Kier alpha value is -1.60. The van der Waals surface area contributed by atoms with Crippen molar-refractivity contribution < 1.29 is 19.0 Å². The first-order valence-electron chi connectivity index (χ1n) is 7.71. The molecule has 0 aliphatic carbocycles. The highest BCUT2D eigenvalue weighted by Gasteiger charge is 2.10. The lowest BCUT2D eigenvalue weighted by atomic mass is 10.2. The Bertz CT molecular complexity index is 758. The first-order chi connectivity index (χ1) is 12.5. The molecule has 1 amide bonds. The van der Waals surface area contributed by atoms with E-state index in [2.05, 4.69) is 5.32 Å². The number of carbonyl (C=O) groups is 1. The number of carbonyl (C=O) groups excluding carboxylic acids is 1. The molecule has 2 aromatic carbocycles. The van der Waals surface area contributed by atoms with Crippen LogP contribution in [0.5, 0.6) is 11.5 Å². The topological polar surface area (TPSA) is 56.8 Å². The van der Waals surface area contributed by atoms with Gasteiger partial charge in [-0.2, -0.15) is 0 Å². The Kier molecular flexibility index (Phi) is 8.38. The van der Waals surface area contributed by atoms with Crippen LogP contribution in [0.2, 0.25) is 10.0 Å². The van der Waals surface area contributed by atoms with Gasteiger partial charge >= 0.3 is 0 Å². The van der Waals surface area contributed by atoms with Crippen LogP contribution in [0.1, 0.15) is 0 Å². The molecule has 8 heteroatoms. The van der Waals surface area contributed by atoms with Crippen LogP contribution in [0.4, 0.5) is 5.69 Å². The van der Waals surface area contributed by atoms with E-state index in [0.717, 1.165) is 4.90 Å². The molecule has 0 unspecified atom stereocenters. The molecule has 1 N–H and O–H groups in total. The average molecular weight is 416 g/mol. The largest absolute Gasteiger partial charge is 0.493 e. The summed E-state index contributed by atoms with van der Waals surface area (Å²) in [6.07, 6.45) is 0. The maximum Gasteiger partial charge on any atom is 0.234 e. The van der Waals surface area contributed by atoms with Gasteiger partial charge in [0.1, 0.15) is 6.61 Å². The molecule has 0 heterocycles. The standard InChI is InChI=1S/C18H19Cl2NO4S/c1-23-7-8-25-16-10-13(4-6-15(16)24-2)21-18(22)11-26-17-9-12(19)3-5-14(17)20/h3-6,9-10H,7-8,11H2,1-2H3,(H,21,22). The SMILES string of the molecule is COCCOc1cc(NC(=O)CSc2cc(Cl)ccc2Cl)ccc1OC. The number of anilines is 1. The van der Waals surface area contributed by atoms with Gasteiger partial charge in [-0.3, -0.25) is 4.79 Å². The van der Waals surface area contributed by atoms with Gasteiger partial charge in [0.25, 0.3) is 0 Å². The second-order valence-corrected chi connectivity index (χ2v) is 6.98. The smallest absolute Gasteiger partial charge is 0.234 e. The number of nitrogens with one attached hydrogen (secondary N) is 1. The van der Waals surface area contributed by atoms with Crippen LogP contribution in [0.3, 0.4) is 0 Å². The van der Waals surface area contributed by atoms with E-state index in [9.17, 15) is 4.79 Å². The number of hydrogen-bond acceptors (Lipinski definition) is 5. The first kappa shape index (κ1) is 20.7. The van der Waals surface area contributed by atoms with Crippen LogP contribution in [-0.4, -0.2) is 39.1 Å². The van der Waals surface area contributed by atoms with E-state index < -0.39 is 0 Å².